The van der Waals surface area contributed by atoms with Crippen LogP contribution in [0, 0.1) is 0 Å². The highest BCUT2D eigenvalue weighted by atomic mass is 32.2. The van der Waals surface area contributed by atoms with Gasteiger partial charge in [0, 0.05) is 0 Å². The molecule has 1 aromatic rings. The van der Waals surface area contributed by atoms with Crippen molar-refractivity contribution in [3.63, 3.8) is 0 Å². The Hall–Kier alpha value is -1.61. The van der Waals surface area contributed by atoms with Gasteiger partial charge in [0.1, 0.15) is 0 Å². The Morgan fingerprint density at radius 2 is 1.82 bits per heavy atom. The summed E-state index contributed by atoms with van der Waals surface area (Å²) < 4.78 is 24.6. The molecule has 90 valence electrons. The Morgan fingerprint density at radius 1 is 1.24 bits per heavy atom. The van der Waals surface area contributed by atoms with Gasteiger partial charge in [-0.2, -0.15) is 0 Å². The molecule has 0 amide bonds. The predicted molar refractivity (Wildman–Crippen MR) is 71.3 cm³/mol. The first-order valence-electron chi connectivity index (χ1n) is 5.30. The molecule has 0 heterocycles. The average Bonchev–Trinajstić information content (AvgIpc) is 2.31. The summed E-state index contributed by atoms with van der Waals surface area (Å²) in [5.74, 6) is 0. The van der Waals surface area contributed by atoms with Crippen molar-refractivity contribution in [2.75, 3.05) is 0 Å². The molecule has 0 saturated heterocycles. The highest BCUT2D eigenvalue weighted by Gasteiger charge is 2.19. The largest absolute Gasteiger partial charge is 0.219 e. The summed E-state index contributed by atoms with van der Waals surface area (Å²) in [5.41, 5.74) is 0.686. The molecule has 3 heteroatoms. The van der Waals surface area contributed by atoms with Crippen molar-refractivity contribution in [1.29, 1.82) is 0 Å². The second kappa shape index (κ2) is 5.64. The molecule has 1 rings (SSSR count). The quantitative estimate of drug-likeness (QED) is 0.764. The maximum atomic E-state index is 12.3. The van der Waals surface area contributed by atoms with Crippen LogP contribution in [0.4, 0.5) is 0 Å². The minimum atomic E-state index is -3.46. The molecule has 0 aliphatic rings. The molecule has 0 saturated carbocycles. The molecule has 0 N–H and O–H groups in total. The van der Waals surface area contributed by atoms with Gasteiger partial charge in [0.2, 0.25) is 9.84 Å². The number of sulfone groups is 1. The summed E-state index contributed by atoms with van der Waals surface area (Å²) in [6.45, 7) is 7.19. The molecule has 0 atom stereocenters. The van der Waals surface area contributed by atoms with E-state index in [1.54, 1.807) is 49.4 Å². The topological polar surface area (TPSA) is 34.1 Å². The molecule has 0 aliphatic heterocycles. The summed E-state index contributed by atoms with van der Waals surface area (Å²) in [6, 6.07) is 8.37. The normalized spacial score (nSPS) is 13.5. The first-order chi connectivity index (χ1) is 8.04. The third-order valence-electron chi connectivity index (χ3n) is 2.33. The van der Waals surface area contributed by atoms with Gasteiger partial charge in [-0.05, 0) is 31.6 Å². The van der Waals surface area contributed by atoms with Crippen molar-refractivity contribution in [2.24, 2.45) is 0 Å². The van der Waals surface area contributed by atoms with Crippen LogP contribution in [0.3, 0.4) is 0 Å². The molecule has 0 spiro atoms. The summed E-state index contributed by atoms with van der Waals surface area (Å²) in [6.07, 6.45) is 4.95. The van der Waals surface area contributed by atoms with Gasteiger partial charge in [-0.25, -0.2) is 8.42 Å². The fraction of sp³-hybridized carbons (Fsp3) is 0.143. The molecule has 0 bridgehead atoms. The van der Waals surface area contributed by atoms with Gasteiger partial charge < -0.3 is 0 Å². The summed E-state index contributed by atoms with van der Waals surface area (Å²) >= 11 is 0. The van der Waals surface area contributed by atoms with Crippen LogP contribution >= 0.6 is 0 Å². The Balaban J connectivity index is 3.41. The van der Waals surface area contributed by atoms with E-state index in [0.29, 0.717) is 10.5 Å². The molecule has 0 aliphatic carbocycles. The molecule has 0 unspecified atom stereocenters. The third-order valence-corrected chi connectivity index (χ3v) is 4.29. The van der Waals surface area contributed by atoms with Gasteiger partial charge in [0.15, 0.2) is 0 Å². The lowest BCUT2D eigenvalue weighted by atomic mass is 10.2. The van der Waals surface area contributed by atoms with Crippen LogP contribution in [-0.2, 0) is 9.84 Å². The standard InChI is InChI=1S/C14H16O2S/c1-4-9-12(3)14(5-2)17(15,16)13-10-7-6-8-11-13/h4-11H,2H2,1,3H3/b9-4-,14-12+. The van der Waals surface area contributed by atoms with E-state index in [2.05, 4.69) is 6.58 Å². The molecule has 0 radical (unpaired) electrons. The van der Waals surface area contributed by atoms with Gasteiger partial charge in [0.05, 0.1) is 9.80 Å². The van der Waals surface area contributed by atoms with Gasteiger partial charge >= 0.3 is 0 Å². The molecule has 0 aromatic heterocycles. The Kier molecular flexibility index (Phi) is 4.46. The molecular weight excluding hydrogens is 232 g/mol. The fourth-order valence-corrected chi connectivity index (χ4v) is 3.02. The van der Waals surface area contributed by atoms with Gasteiger partial charge in [-0.15, -0.1) is 0 Å². The summed E-state index contributed by atoms with van der Waals surface area (Å²) in [5, 5.41) is 0. The highest BCUT2D eigenvalue weighted by molar-refractivity contribution is 7.95. The second-order valence-corrected chi connectivity index (χ2v) is 5.49. The molecule has 17 heavy (non-hydrogen) atoms. The Labute approximate surface area is 103 Å². The van der Waals surface area contributed by atoms with Gasteiger partial charge in [-0.1, -0.05) is 43.0 Å². The fourth-order valence-electron chi connectivity index (χ4n) is 1.54. The van der Waals surface area contributed by atoms with E-state index >= 15 is 0 Å². The van der Waals surface area contributed by atoms with E-state index in [9.17, 15) is 8.42 Å². The SMILES string of the molecule is C=C/C(=C(C)\C=C/C)S(=O)(=O)c1ccccc1. The second-order valence-electron chi connectivity index (χ2n) is 3.57. The number of allylic oxidation sites excluding steroid dienone is 4. The summed E-state index contributed by atoms with van der Waals surface area (Å²) in [4.78, 5) is 0.542. The zero-order chi connectivity index (χ0) is 12.9. The van der Waals surface area contributed by atoms with E-state index in [4.69, 9.17) is 0 Å². The van der Waals surface area contributed by atoms with Crippen LogP contribution in [0.2, 0.25) is 0 Å². The first kappa shape index (κ1) is 13.5. The van der Waals surface area contributed by atoms with E-state index in [0.717, 1.165) is 0 Å². The van der Waals surface area contributed by atoms with E-state index in [1.165, 1.54) is 6.08 Å². The van der Waals surface area contributed by atoms with Gasteiger partial charge in [0.25, 0.3) is 0 Å². The highest BCUT2D eigenvalue weighted by Crippen LogP contribution is 2.23. The van der Waals surface area contributed by atoms with Crippen LogP contribution in [0.1, 0.15) is 13.8 Å². The first-order valence-corrected chi connectivity index (χ1v) is 6.78. The third kappa shape index (κ3) is 2.94. The van der Waals surface area contributed by atoms with Crippen LogP contribution in [0.15, 0.2) is 70.5 Å². The number of hydrogen-bond donors (Lipinski definition) is 0. The smallest absolute Gasteiger partial charge is 0.206 e. The maximum absolute atomic E-state index is 12.3. The monoisotopic (exact) mass is 248 g/mol. The predicted octanol–water partition coefficient (Wildman–Crippen LogP) is 3.50. The average molecular weight is 248 g/mol. The van der Waals surface area contributed by atoms with E-state index in [-0.39, 0.29) is 4.91 Å². The number of rotatable bonds is 4. The van der Waals surface area contributed by atoms with Gasteiger partial charge in [-0.3, -0.25) is 0 Å². The van der Waals surface area contributed by atoms with Crippen molar-refractivity contribution in [3.8, 4) is 0 Å². The number of benzene rings is 1. The van der Waals surface area contributed by atoms with Crippen LogP contribution in [-0.4, -0.2) is 8.42 Å². The molecule has 0 fully saturated rings. The molecular formula is C14H16O2S. The van der Waals surface area contributed by atoms with Crippen LogP contribution in [0.25, 0.3) is 0 Å². The molecule has 2 nitrogen and oxygen atoms in total. The van der Waals surface area contributed by atoms with Crippen molar-refractivity contribution < 1.29 is 8.42 Å². The lowest BCUT2D eigenvalue weighted by Crippen LogP contribution is -2.04. The lowest BCUT2D eigenvalue weighted by molar-refractivity contribution is 0.602. The van der Waals surface area contributed by atoms with Crippen LogP contribution < -0.4 is 0 Å². The maximum Gasteiger partial charge on any atom is 0.206 e. The van der Waals surface area contributed by atoms with E-state index in [1.807, 2.05) is 6.92 Å². The van der Waals surface area contributed by atoms with Crippen molar-refractivity contribution in [1.82, 2.24) is 0 Å². The zero-order valence-electron chi connectivity index (χ0n) is 10.1. The van der Waals surface area contributed by atoms with Crippen molar-refractivity contribution in [2.45, 2.75) is 18.7 Å². The molecule has 1 aromatic carbocycles. The lowest BCUT2D eigenvalue weighted by Gasteiger charge is -2.07. The minimum absolute atomic E-state index is 0.252. The van der Waals surface area contributed by atoms with Crippen molar-refractivity contribution >= 4 is 9.84 Å². The van der Waals surface area contributed by atoms with E-state index < -0.39 is 9.84 Å². The number of hydrogen-bond acceptors (Lipinski definition) is 2. The summed E-state index contributed by atoms with van der Waals surface area (Å²) in [7, 11) is -3.46. The van der Waals surface area contributed by atoms with Crippen molar-refractivity contribution in [3.05, 3.63) is 65.6 Å². The Morgan fingerprint density at radius 3 is 2.29 bits per heavy atom. The Bertz CT molecular complexity index is 549. The minimum Gasteiger partial charge on any atom is -0.219 e. The zero-order valence-corrected chi connectivity index (χ0v) is 10.9. The van der Waals surface area contributed by atoms with Crippen LogP contribution in [0.5, 0.6) is 0 Å².